The van der Waals surface area contributed by atoms with E-state index in [1.54, 1.807) is 0 Å². The number of hydroxylamine groups is 2. The second kappa shape index (κ2) is 6.25. The summed E-state index contributed by atoms with van der Waals surface area (Å²) in [5.74, 6) is -0.390. The first-order valence-electron chi connectivity index (χ1n) is 5.60. The molecule has 0 bridgehead atoms. The molecule has 90 valence electrons. The van der Waals surface area contributed by atoms with Crippen molar-refractivity contribution in [2.75, 3.05) is 6.54 Å². The fraction of sp³-hybridized carbons (Fsp3) is 0.727. The van der Waals surface area contributed by atoms with Gasteiger partial charge in [0.05, 0.1) is 6.54 Å². The normalized spacial score (nSPS) is 15.3. The van der Waals surface area contributed by atoms with Gasteiger partial charge in [-0.25, -0.2) is 4.79 Å². The summed E-state index contributed by atoms with van der Waals surface area (Å²) >= 11 is 0. The van der Waals surface area contributed by atoms with Gasteiger partial charge in [0.1, 0.15) is 5.78 Å². The third kappa shape index (κ3) is 4.42. The Balaban J connectivity index is 2.11. The van der Waals surface area contributed by atoms with E-state index >= 15 is 0 Å². The molecule has 1 aliphatic rings. The Kier molecular flexibility index (Phi) is 4.95. The zero-order valence-corrected chi connectivity index (χ0v) is 9.53. The van der Waals surface area contributed by atoms with Crippen LogP contribution >= 0.6 is 0 Å². The molecule has 0 aromatic carbocycles. The van der Waals surface area contributed by atoms with Crippen molar-refractivity contribution >= 4 is 17.7 Å². The van der Waals surface area contributed by atoms with Gasteiger partial charge in [-0.1, -0.05) is 0 Å². The SMILES string of the molecule is CC(=O)CCCCC(=O)ON1CCCC1=O. The zero-order chi connectivity index (χ0) is 12.0. The van der Waals surface area contributed by atoms with Crippen LogP contribution in [-0.4, -0.2) is 29.3 Å². The molecule has 5 heteroatoms. The van der Waals surface area contributed by atoms with E-state index in [-0.39, 0.29) is 24.1 Å². The first-order chi connectivity index (χ1) is 7.59. The van der Waals surface area contributed by atoms with Gasteiger partial charge in [-0.2, -0.15) is 5.06 Å². The predicted molar refractivity (Wildman–Crippen MR) is 56.2 cm³/mol. The Morgan fingerprint density at radius 3 is 2.56 bits per heavy atom. The maximum atomic E-state index is 11.3. The average molecular weight is 227 g/mol. The molecule has 1 rings (SSSR count). The van der Waals surface area contributed by atoms with Gasteiger partial charge in [-0.05, 0) is 26.2 Å². The van der Waals surface area contributed by atoms with Gasteiger partial charge in [0.15, 0.2) is 0 Å². The van der Waals surface area contributed by atoms with Crippen molar-refractivity contribution < 1.29 is 19.2 Å². The van der Waals surface area contributed by atoms with Crippen LogP contribution in [0.15, 0.2) is 0 Å². The summed E-state index contributed by atoms with van der Waals surface area (Å²) in [5, 5.41) is 1.13. The molecule has 1 aliphatic heterocycles. The second-order valence-corrected chi connectivity index (χ2v) is 3.97. The van der Waals surface area contributed by atoms with Gasteiger partial charge < -0.3 is 9.63 Å². The van der Waals surface area contributed by atoms with E-state index in [0.717, 1.165) is 11.5 Å². The molecule has 16 heavy (non-hydrogen) atoms. The predicted octanol–water partition coefficient (Wildman–Crippen LogP) is 1.22. The van der Waals surface area contributed by atoms with Crippen LogP contribution < -0.4 is 0 Å². The summed E-state index contributed by atoms with van der Waals surface area (Å²) in [7, 11) is 0. The molecule has 1 fully saturated rings. The number of nitrogens with zero attached hydrogens (tertiary/aromatic N) is 1. The highest BCUT2D eigenvalue weighted by molar-refractivity contribution is 5.79. The van der Waals surface area contributed by atoms with Gasteiger partial charge in [-0.3, -0.25) is 4.79 Å². The van der Waals surface area contributed by atoms with Crippen LogP contribution in [0.1, 0.15) is 45.4 Å². The lowest BCUT2D eigenvalue weighted by molar-refractivity contribution is -0.192. The van der Waals surface area contributed by atoms with E-state index in [9.17, 15) is 14.4 Å². The molecule has 0 unspecified atom stereocenters. The quantitative estimate of drug-likeness (QED) is 0.640. The van der Waals surface area contributed by atoms with Crippen LogP contribution in [0.25, 0.3) is 0 Å². The van der Waals surface area contributed by atoms with Gasteiger partial charge in [0.25, 0.3) is 5.91 Å². The molecule has 0 spiro atoms. The number of hydrogen-bond donors (Lipinski definition) is 0. The highest BCUT2D eigenvalue weighted by Crippen LogP contribution is 2.11. The first kappa shape index (κ1) is 12.7. The number of amides is 1. The minimum atomic E-state index is -0.390. The standard InChI is InChI=1S/C11H17NO4/c1-9(13)5-2-3-7-11(15)16-12-8-4-6-10(12)14/h2-8H2,1H3. The van der Waals surface area contributed by atoms with Crippen molar-refractivity contribution in [2.45, 2.75) is 45.4 Å². The van der Waals surface area contributed by atoms with Crippen LogP contribution in [-0.2, 0) is 19.2 Å². The number of ketones is 1. The molecule has 0 atom stereocenters. The molecule has 1 amide bonds. The van der Waals surface area contributed by atoms with E-state index in [4.69, 9.17) is 4.84 Å². The van der Waals surface area contributed by atoms with E-state index < -0.39 is 0 Å². The van der Waals surface area contributed by atoms with Gasteiger partial charge in [0.2, 0.25) is 0 Å². The summed E-state index contributed by atoms with van der Waals surface area (Å²) in [4.78, 5) is 38.0. The Morgan fingerprint density at radius 1 is 1.31 bits per heavy atom. The Hall–Kier alpha value is -1.39. The number of carbonyl (C=O) groups is 3. The summed E-state index contributed by atoms with van der Waals surface area (Å²) < 4.78 is 0. The second-order valence-electron chi connectivity index (χ2n) is 3.97. The molecule has 5 nitrogen and oxygen atoms in total. The van der Waals surface area contributed by atoms with Crippen molar-refractivity contribution in [3.63, 3.8) is 0 Å². The fourth-order valence-electron chi connectivity index (χ4n) is 1.53. The summed E-state index contributed by atoms with van der Waals surface area (Å²) in [6, 6.07) is 0. The van der Waals surface area contributed by atoms with E-state index in [2.05, 4.69) is 0 Å². The largest absolute Gasteiger partial charge is 0.338 e. The van der Waals surface area contributed by atoms with Gasteiger partial charge in [0, 0.05) is 19.3 Å². The highest BCUT2D eigenvalue weighted by atomic mass is 16.7. The highest BCUT2D eigenvalue weighted by Gasteiger charge is 2.23. The lowest BCUT2D eigenvalue weighted by Gasteiger charge is -2.13. The summed E-state index contributed by atoms with van der Waals surface area (Å²) in [5.41, 5.74) is 0. The first-order valence-corrected chi connectivity index (χ1v) is 5.60. The minimum absolute atomic E-state index is 0.128. The van der Waals surface area contributed by atoms with Crippen molar-refractivity contribution in [1.29, 1.82) is 0 Å². The smallest absolute Gasteiger partial charge is 0.332 e. The minimum Gasteiger partial charge on any atom is -0.338 e. The summed E-state index contributed by atoms with van der Waals surface area (Å²) in [6.45, 7) is 2.03. The molecule has 0 radical (unpaired) electrons. The lowest BCUT2D eigenvalue weighted by atomic mass is 10.1. The van der Waals surface area contributed by atoms with Gasteiger partial charge in [-0.15, -0.1) is 0 Å². The zero-order valence-electron chi connectivity index (χ0n) is 9.53. The van der Waals surface area contributed by atoms with Crippen molar-refractivity contribution in [3.05, 3.63) is 0 Å². The number of Topliss-reactive ketones (excluding diaryl/α,β-unsaturated/α-hetero) is 1. The third-order valence-corrected chi connectivity index (χ3v) is 2.40. The molecular formula is C11H17NO4. The molecule has 1 saturated heterocycles. The lowest BCUT2D eigenvalue weighted by Crippen LogP contribution is -2.28. The molecule has 1 heterocycles. The molecule has 0 saturated carbocycles. The third-order valence-electron chi connectivity index (χ3n) is 2.40. The van der Waals surface area contributed by atoms with Crippen LogP contribution in [0.2, 0.25) is 0 Å². The summed E-state index contributed by atoms with van der Waals surface area (Å²) in [6.07, 6.45) is 3.28. The number of hydrogen-bond acceptors (Lipinski definition) is 4. The van der Waals surface area contributed by atoms with E-state index in [1.165, 1.54) is 6.92 Å². The van der Waals surface area contributed by atoms with E-state index in [1.807, 2.05) is 0 Å². The molecule has 0 aromatic heterocycles. The molecule has 0 aliphatic carbocycles. The monoisotopic (exact) mass is 227 g/mol. The maximum Gasteiger partial charge on any atom is 0.332 e. The van der Waals surface area contributed by atoms with Crippen LogP contribution in [0.5, 0.6) is 0 Å². The van der Waals surface area contributed by atoms with E-state index in [0.29, 0.717) is 32.2 Å². The Morgan fingerprint density at radius 2 is 2.00 bits per heavy atom. The molecule has 0 aromatic rings. The van der Waals surface area contributed by atoms with Crippen LogP contribution in [0.3, 0.4) is 0 Å². The average Bonchev–Trinajstić information content (AvgIpc) is 2.59. The number of rotatable bonds is 6. The molecule has 0 N–H and O–H groups in total. The maximum absolute atomic E-state index is 11.3. The fourth-order valence-corrected chi connectivity index (χ4v) is 1.53. The van der Waals surface area contributed by atoms with Crippen molar-refractivity contribution in [3.8, 4) is 0 Å². The van der Waals surface area contributed by atoms with Crippen molar-refractivity contribution in [2.24, 2.45) is 0 Å². The molecular weight excluding hydrogens is 210 g/mol. The Labute approximate surface area is 94.7 Å². The van der Waals surface area contributed by atoms with Crippen molar-refractivity contribution in [1.82, 2.24) is 5.06 Å². The number of unbranched alkanes of at least 4 members (excludes halogenated alkanes) is 1. The van der Waals surface area contributed by atoms with Crippen LogP contribution in [0.4, 0.5) is 0 Å². The Bertz CT molecular complexity index is 288. The number of carbonyl (C=O) groups excluding carboxylic acids is 3. The van der Waals surface area contributed by atoms with Gasteiger partial charge >= 0.3 is 5.97 Å². The van der Waals surface area contributed by atoms with Crippen LogP contribution in [0, 0.1) is 0 Å². The topological polar surface area (TPSA) is 63.7 Å².